The summed E-state index contributed by atoms with van der Waals surface area (Å²) in [5, 5.41) is 0. The van der Waals surface area contributed by atoms with Crippen molar-refractivity contribution < 1.29 is 17.9 Å². The van der Waals surface area contributed by atoms with Crippen LogP contribution in [0.2, 0.25) is 0 Å². The number of carbonyl (C=O) groups excluding carboxylic acids is 1. The van der Waals surface area contributed by atoms with Crippen molar-refractivity contribution in [2.75, 3.05) is 11.5 Å². The number of esters is 1. The molecule has 1 aromatic carbocycles. The molecule has 0 amide bonds. The third-order valence-electron chi connectivity index (χ3n) is 2.03. The minimum atomic E-state index is -3.32. The summed E-state index contributed by atoms with van der Waals surface area (Å²) in [5.41, 5.74) is 1.04. The maximum absolute atomic E-state index is 11.3. The zero-order chi connectivity index (χ0) is 12.2. The number of aryl methyl sites for hydroxylation is 1. The first kappa shape index (κ1) is 12.7. The van der Waals surface area contributed by atoms with Crippen molar-refractivity contribution in [3.05, 3.63) is 29.8 Å². The molecule has 0 atom stereocenters. The van der Waals surface area contributed by atoms with Crippen LogP contribution in [0.15, 0.2) is 24.3 Å². The molecule has 0 aliphatic carbocycles. The molecular formula is C11H14O4S. The summed E-state index contributed by atoms with van der Waals surface area (Å²) >= 11 is 0. The molecule has 0 aromatic heterocycles. The minimum Gasteiger partial charge on any atom is -0.426 e. The molecule has 0 radical (unpaired) electrons. The predicted molar refractivity (Wildman–Crippen MR) is 61.1 cm³/mol. The fourth-order valence-electron chi connectivity index (χ4n) is 1.05. The number of sulfone groups is 1. The Morgan fingerprint density at radius 1 is 1.25 bits per heavy atom. The number of hydrogen-bond donors (Lipinski definition) is 0. The van der Waals surface area contributed by atoms with Crippen LogP contribution in [0, 0.1) is 6.92 Å². The zero-order valence-electron chi connectivity index (χ0n) is 9.26. The van der Waals surface area contributed by atoms with E-state index in [-0.39, 0.29) is 5.75 Å². The van der Waals surface area contributed by atoms with Gasteiger partial charge in [-0.2, -0.15) is 0 Å². The molecule has 0 aliphatic rings. The second kappa shape index (κ2) is 5.12. The molecule has 0 spiro atoms. The molecule has 0 heterocycles. The first-order valence-corrected chi connectivity index (χ1v) is 6.73. The van der Waals surface area contributed by atoms with Crippen LogP contribution in [0.25, 0.3) is 0 Å². The van der Waals surface area contributed by atoms with E-state index in [1.807, 2.05) is 6.92 Å². The molecular weight excluding hydrogens is 228 g/mol. The Morgan fingerprint density at radius 2 is 1.81 bits per heavy atom. The Balaban J connectivity index is 2.62. The monoisotopic (exact) mass is 242 g/mol. The van der Waals surface area contributed by atoms with Gasteiger partial charge in [-0.05, 0) is 19.1 Å². The molecule has 0 bridgehead atoms. The summed E-state index contributed by atoms with van der Waals surface area (Å²) in [6.45, 7) is 3.40. The van der Waals surface area contributed by atoms with Gasteiger partial charge in [0.25, 0.3) is 0 Å². The van der Waals surface area contributed by atoms with Gasteiger partial charge in [0.1, 0.15) is 11.5 Å². The molecule has 0 aliphatic heterocycles. The van der Waals surface area contributed by atoms with Crippen molar-refractivity contribution >= 4 is 15.8 Å². The molecule has 0 unspecified atom stereocenters. The Bertz CT molecular complexity index is 459. The molecule has 5 heteroatoms. The molecule has 0 N–H and O–H groups in total. The molecule has 1 aromatic rings. The highest BCUT2D eigenvalue weighted by Gasteiger charge is 2.15. The standard InChI is InChI=1S/C11H14O4S/c1-3-16(13,14)8-11(12)15-10-6-4-9(2)5-7-10/h4-7H,3,8H2,1-2H3. The van der Waals surface area contributed by atoms with E-state index >= 15 is 0 Å². The average Bonchev–Trinajstić information content (AvgIpc) is 2.21. The van der Waals surface area contributed by atoms with Crippen LogP contribution in [0.5, 0.6) is 5.75 Å². The number of carbonyl (C=O) groups is 1. The van der Waals surface area contributed by atoms with E-state index in [0.29, 0.717) is 5.75 Å². The van der Waals surface area contributed by atoms with Gasteiger partial charge >= 0.3 is 5.97 Å². The van der Waals surface area contributed by atoms with Crippen LogP contribution in [-0.2, 0) is 14.6 Å². The van der Waals surface area contributed by atoms with Gasteiger partial charge in [0.2, 0.25) is 0 Å². The lowest BCUT2D eigenvalue weighted by molar-refractivity contribution is -0.131. The van der Waals surface area contributed by atoms with Crippen LogP contribution < -0.4 is 4.74 Å². The second-order valence-corrected chi connectivity index (χ2v) is 5.82. The van der Waals surface area contributed by atoms with Crippen molar-refractivity contribution in [3.8, 4) is 5.75 Å². The van der Waals surface area contributed by atoms with Crippen LogP contribution >= 0.6 is 0 Å². The van der Waals surface area contributed by atoms with Crippen LogP contribution in [0.1, 0.15) is 12.5 Å². The first-order chi connectivity index (χ1) is 7.43. The van der Waals surface area contributed by atoms with E-state index < -0.39 is 21.6 Å². The topological polar surface area (TPSA) is 60.4 Å². The second-order valence-electron chi connectivity index (χ2n) is 3.46. The highest BCUT2D eigenvalue weighted by molar-refractivity contribution is 7.92. The lowest BCUT2D eigenvalue weighted by Gasteiger charge is -2.04. The third kappa shape index (κ3) is 4.02. The summed E-state index contributed by atoms with van der Waals surface area (Å²) in [6, 6.07) is 6.84. The van der Waals surface area contributed by atoms with Crippen molar-refractivity contribution in [2.24, 2.45) is 0 Å². The Morgan fingerprint density at radius 3 is 2.31 bits per heavy atom. The highest BCUT2D eigenvalue weighted by atomic mass is 32.2. The van der Waals surface area contributed by atoms with Gasteiger partial charge in [-0.25, -0.2) is 8.42 Å². The Kier molecular flexibility index (Phi) is 4.06. The smallest absolute Gasteiger partial charge is 0.326 e. The minimum absolute atomic E-state index is 0.0595. The highest BCUT2D eigenvalue weighted by Crippen LogP contribution is 2.11. The zero-order valence-corrected chi connectivity index (χ0v) is 10.1. The summed E-state index contributed by atoms with van der Waals surface area (Å²) in [5.74, 6) is -1.01. The van der Waals surface area contributed by atoms with Gasteiger partial charge in [0, 0.05) is 5.75 Å². The Labute approximate surface area is 95.2 Å². The molecule has 0 fully saturated rings. The molecule has 1 rings (SSSR count). The van der Waals surface area contributed by atoms with E-state index in [9.17, 15) is 13.2 Å². The number of hydrogen-bond acceptors (Lipinski definition) is 4. The van der Waals surface area contributed by atoms with E-state index in [1.54, 1.807) is 24.3 Å². The average molecular weight is 242 g/mol. The fourth-order valence-corrected chi connectivity index (χ4v) is 1.67. The molecule has 4 nitrogen and oxygen atoms in total. The van der Waals surface area contributed by atoms with Crippen molar-refractivity contribution in [1.29, 1.82) is 0 Å². The lowest BCUT2D eigenvalue weighted by Crippen LogP contribution is -2.22. The van der Waals surface area contributed by atoms with Gasteiger partial charge in [-0.1, -0.05) is 24.6 Å². The Hall–Kier alpha value is -1.36. The van der Waals surface area contributed by atoms with E-state index in [0.717, 1.165) is 5.56 Å². The van der Waals surface area contributed by atoms with Crippen molar-refractivity contribution in [2.45, 2.75) is 13.8 Å². The molecule has 0 saturated heterocycles. The molecule has 0 saturated carbocycles. The van der Waals surface area contributed by atoms with Gasteiger partial charge < -0.3 is 4.74 Å². The number of benzene rings is 1. The van der Waals surface area contributed by atoms with E-state index in [1.165, 1.54) is 6.92 Å². The van der Waals surface area contributed by atoms with E-state index in [2.05, 4.69) is 0 Å². The molecule has 88 valence electrons. The van der Waals surface area contributed by atoms with Crippen molar-refractivity contribution in [3.63, 3.8) is 0 Å². The summed E-state index contributed by atoms with van der Waals surface area (Å²) in [7, 11) is -3.32. The number of rotatable bonds is 4. The summed E-state index contributed by atoms with van der Waals surface area (Å²) in [4.78, 5) is 11.3. The van der Waals surface area contributed by atoms with Crippen LogP contribution in [0.4, 0.5) is 0 Å². The summed E-state index contributed by atoms with van der Waals surface area (Å²) < 4.78 is 27.2. The maximum atomic E-state index is 11.3. The van der Waals surface area contributed by atoms with Gasteiger partial charge in [0.15, 0.2) is 9.84 Å². The fraction of sp³-hybridized carbons (Fsp3) is 0.364. The van der Waals surface area contributed by atoms with Gasteiger partial charge in [-0.15, -0.1) is 0 Å². The van der Waals surface area contributed by atoms with Crippen LogP contribution in [-0.4, -0.2) is 25.9 Å². The van der Waals surface area contributed by atoms with Gasteiger partial charge in [0.05, 0.1) is 0 Å². The van der Waals surface area contributed by atoms with Crippen LogP contribution in [0.3, 0.4) is 0 Å². The maximum Gasteiger partial charge on any atom is 0.326 e. The predicted octanol–water partition coefficient (Wildman–Crippen LogP) is 1.34. The quantitative estimate of drug-likeness (QED) is 0.590. The van der Waals surface area contributed by atoms with Gasteiger partial charge in [-0.3, -0.25) is 4.79 Å². The first-order valence-electron chi connectivity index (χ1n) is 4.91. The third-order valence-corrected chi connectivity index (χ3v) is 3.59. The lowest BCUT2D eigenvalue weighted by atomic mass is 10.2. The van der Waals surface area contributed by atoms with Crippen molar-refractivity contribution in [1.82, 2.24) is 0 Å². The largest absolute Gasteiger partial charge is 0.426 e. The SMILES string of the molecule is CCS(=O)(=O)CC(=O)Oc1ccc(C)cc1. The molecule has 16 heavy (non-hydrogen) atoms. The normalized spacial score (nSPS) is 11.1. The van der Waals surface area contributed by atoms with E-state index in [4.69, 9.17) is 4.74 Å². The number of ether oxygens (including phenoxy) is 1. The summed E-state index contributed by atoms with van der Waals surface area (Å²) in [6.07, 6.45) is 0.